The number of amides is 1. The first-order valence-corrected chi connectivity index (χ1v) is 9.78. The number of hydrogen-bond donors (Lipinski definition) is 1. The smallest absolute Gasteiger partial charge is 0.289 e. The zero-order valence-corrected chi connectivity index (χ0v) is 15.6. The maximum absolute atomic E-state index is 12.9. The summed E-state index contributed by atoms with van der Waals surface area (Å²) < 4.78 is 7.53. The van der Waals surface area contributed by atoms with E-state index in [0.29, 0.717) is 37.6 Å². The molecule has 2 aliphatic rings. The van der Waals surface area contributed by atoms with Gasteiger partial charge in [0.15, 0.2) is 5.76 Å². The molecule has 1 saturated heterocycles. The first-order valence-electron chi connectivity index (χ1n) is 9.78. The molecule has 3 heterocycles. The molecule has 144 valence electrons. The Bertz CT molecular complexity index is 984. The van der Waals surface area contributed by atoms with Crippen LogP contribution in [-0.2, 0) is 18.4 Å². The number of hydrogen-bond acceptors (Lipinski definition) is 4. The van der Waals surface area contributed by atoms with Gasteiger partial charge in [0.25, 0.3) is 5.91 Å². The van der Waals surface area contributed by atoms with E-state index in [2.05, 4.69) is 17.2 Å². The number of aromatic nitrogens is 2. The van der Waals surface area contributed by atoms with E-state index in [1.807, 2.05) is 35.4 Å². The highest BCUT2D eigenvalue weighted by atomic mass is 16.4. The number of carbonyl (C=O) groups excluding carboxylic acids is 1. The molecule has 28 heavy (non-hydrogen) atoms. The Labute approximate surface area is 163 Å². The largest absolute Gasteiger partial charge is 0.454 e. The van der Waals surface area contributed by atoms with Crippen LogP contribution in [0.2, 0.25) is 0 Å². The van der Waals surface area contributed by atoms with Crippen molar-refractivity contribution in [3.05, 3.63) is 77.5 Å². The molecule has 0 unspecified atom stereocenters. The van der Waals surface area contributed by atoms with Crippen molar-refractivity contribution in [3.8, 4) is 0 Å². The fourth-order valence-electron chi connectivity index (χ4n) is 4.77. The van der Waals surface area contributed by atoms with Gasteiger partial charge in [-0.2, -0.15) is 5.10 Å². The summed E-state index contributed by atoms with van der Waals surface area (Å²) in [5.74, 6) is 0.994. The second-order valence-corrected chi connectivity index (χ2v) is 7.80. The fourth-order valence-corrected chi connectivity index (χ4v) is 4.77. The Morgan fingerprint density at radius 1 is 1.18 bits per heavy atom. The third-order valence-corrected chi connectivity index (χ3v) is 6.30. The normalized spacial score (nSPS) is 20.5. The summed E-state index contributed by atoms with van der Waals surface area (Å²) in [4.78, 5) is 14.7. The molecule has 3 aromatic rings. The van der Waals surface area contributed by atoms with E-state index in [4.69, 9.17) is 4.42 Å². The lowest BCUT2D eigenvalue weighted by Gasteiger charge is -2.42. The van der Waals surface area contributed by atoms with Crippen LogP contribution in [-0.4, -0.2) is 44.9 Å². The minimum absolute atomic E-state index is 0.0812. The quantitative estimate of drug-likeness (QED) is 0.762. The van der Waals surface area contributed by atoms with Gasteiger partial charge in [-0.3, -0.25) is 9.48 Å². The molecule has 1 amide bonds. The highest BCUT2D eigenvalue weighted by Crippen LogP contribution is 2.46. The van der Waals surface area contributed by atoms with Gasteiger partial charge in [0, 0.05) is 30.9 Å². The molecular weight excluding hydrogens is 354 g/mol. The van der Waals surface area contributed by atoms with Crippen LogP contribution >= 0.6 is 0 Å². The average molecular weight is 377 g/mol. The Hall–Kier alpha value is -2.86. The topological polar surface area (TPSA) is 71.5 Å². The second-order valence-electron chi connectivity index (χ2n) is 7.80. The van der Waals surface area contributed by atoms with Gasteiger partial charge in [0.05, 0.1) is 12.6 Å². The van der Waals surface area contributed by atoms with E-state index < -0.39 is 0 Å². The van der Waals surface area contributed by atoms with Crippen molar-refractivity contribution in [1.82, 2.24) is 14.7 Å². The minimum atomic E-state index is -0.369. The van der Waals surface area contributed by atoms with Crippen LogP contribution < -0.4 is 0 Å². The molecule has 1 aliphatic heterocycles. The minimum Gasteiger partial charge on any atom is -0.454 e. The van der Waals surface area contributed by atoms with Crippen molar-refractivity contribution < 1.29 is 14.3 Å². The summed E-state index contributed by atoms with van der Waals surface area (Å²) in [6.45, 7) is 1.76. The van der Waals surface area contributed by atoms with Crippen LogP contribution in [0.15, 0.2) is 59.3 Å². The first kappa shape index (κ1) is 17.3. The number of benzene rings is 1. The molecule has 0 radical (unpaired) electrons. The average Bonchev–Trinajstić information content (AvgIpc) is 3.45. The van der Waals surface area contributed by atoms with Crippen LogP contribution in [0.3, 0.4) is 0 Å². The molecule has 5 rings (SSSR count). The molecule has 0 saturated carbocycles. The van der Waals surface area contributed by atoms with Gasteiger partial charge < -0.3 is 14.4 Å². The number of rotatable bonds is 3. The number of furan rings is 1. The van der Waals surface area contributed by atoms with Crippen LogP contribution in [0.25, 0.3) is 0 Å². The number of fused-ring (bicyclic) bond motifs is 2. The molecule has 1 N–H and O–H groups in total. The molecular formula is C22H23N3O3. The van der Waals surface area contributed by atoms with Gasteiger partial charge >= 0.3 is 0 Å². The summed E-state index contributed by atoms with van der Waals surface area (Å²) in [5, 5.41) is 14.9. The number of nitrogens with zero attached hydrogens (tertiary/aromatic N) is 3. The first-order chi connectivity index (χ1) is 13.7. The SMILES string of the molecule is O=C(c1ccc(Cn2cccn2)o1)N1CCC2(CC1)c1ccccc1C[C@@H]2O. The van der Waals surface area contributed by atoms with Crippen LogP contribution in [0.5, 0.6) is 0 Å². The molecule has 6 nitrogen and oxygen atoms in total. The second kappa shape index (κ2) is 6.63. The van der Waals surface area contributed by atoms with E-state index in [1.165, 1.54) is 11.1 Å². The fraction of sp³-hybridized carbons (Fsp3) is 0.364. The van der Waals surface area contributed by atoms with Crippen molar-refractivity contribution in [2.75, 3.05) is 13.1 Å². The van der Waals surface area contributed by atoms with Crippen molar-refractivity contribution >= 4 is 5.91 Å². The lowest BCUT2D eigenvalue weighted by Crippen LogP contribution is -2.49. The molecule has 1 aliphatic carbocycles. The Morgan fingerprint density at radius 2 is 2.00 bits per heavy atom. The number of likely N-dealkylation sites (tertiary alicyclic amines) is 1. The van der Waals surface area contributed by atoms with E-state index in [0.717, 1.165) is 12.8 Å². The number of piperidine rings is 1. The molecule has 1 atom stereocenters. The van der Waals surface area contributed by atoms with E-state index >= 15 is 0 Å². The summed E-state index contributed by atoms with van der Waals surface area (Å²) >= 11 is 0. The van der Waals surface area contributed by atoms with E-state index in [9.17, 15) is 9.90 Å². The summed E-state index contributed by atoms with van der Waals surface area (Å²) in [5.41, 5.74) is 2.28. The predicted molar refractivity (Wildman–Crippen MR) is 103 cm³/mol. The van der Waals surface area contributed by atoms with Crippen molar-refractivity contribution in [2.45, 2.75) is 37.3 Å². The standard InChI is InChI=1S/C22H23N3O3/c26-20-14-16-4-1-2-5-18(16)22(20)8-12-24(13-9-22)21(27)19-7-6-17(28-19)15-25-11-3-10-23-25/h1-7,10-11,20,26H,8-9,12-15H2/t20-/m0/s1. The van der Waals surface area contributed by atoms with Crippen LogP contribution in [0, 0.1) is 0 Å². The molecule has 1 fully saturated rings. The number of aliphatic hydroxyl groups is 1. The summed E-state index contributed by atoms with van der Waals surface area (Å²) in [6.07, 6.45) is 5.47. The van der Waals surface area contributed by atoms with Gasteiger partial charge in [0.2, 0.25) is 0 Å². The third kappa shape index (κ3) is 2.76. The highest BCUT2D eigenvalue weighted by Gasteiger charge is 2.48. The molecule has 1 aromatic carbocycles. The van der Waals surface area contributed by atoms with Crippen LogP contribution in [0.4, 0.5) is 0 Å². The maximum Gasteiger partial charge on any atom is 0.289 e. The monoisotopic (exact) mass is 377 g/mol. The van der Waals surface area contributed by atoms with Gasteiger partial charge in [-0.05, 0) is 48.6 Å². The van der Waals surface area contributed by atoms with Gasteiger partial charge in [-0.15, -0.1) is 0 Å². The number of carbonyl (C=O) groups is 1. The molecule has 2 aromatic heterocycles. The van der Waals surface area contributed by atoms with Crippen molar-refractivity contribution in [1.29, 1.82) is 0 Å². The molecule has 6 heteroatoms. The highest BCUT2D eigenvalue weighted by molar-refractivity contribution is 5.91. The maximum atomic E-state index is 12.9. The van der Waals surface area contributed by atoms with Gasteiger partial charge in [-0.1, -0.05) is 24.3 Å². The Kier molecular flexibility index (Phi) is 4.09. The molecule has 0 bridgehead atoms. The lowest BCUT2D eigenvalue weighted by atomic mass is 9.72. The van der Waals surface area contributed by atoms with Gasteiger partial charge in [0.1, 0.15) is 5.76 Å². The zero-order valence-electron chi connectivity index (χ0n) is 15.6. The van der Waals surface area contributed by atoms with Crippen molar-refractivity contribution in [2.24, 2.45) is 0 Å². The van der Waals surface area contributed by atoms with Crippen LogP contribution in [0.1, 0.15) is 40.3 Å². The number of aliphatic hydroxyl groups excluding tert-OH is 1. The molecule has 1 spiro atoms. The van der Waals surface area contributed by atoms with Crippen molar-refractivity contribution in [3.63, 3.8) is 0 Å². The predicted octanol–water partition coefficient (Wildman–Crippen LogP) is 2.62. The lowest BCUT2D eigenvalue weighted by molar-refractivity contribution is 0.0348. The Morgan fingerprint density at radius 3 is 2.79 bits per heavy atom. The third-order valence-electron chi connectivity index (χ3n) is 6.30. The van der Waals surface area contributed by atoms with E-state index in [-0.39, 0.29) is 17.4 Å². The summed E-state index contributed by atoms with van der Waals surface area (Å²) in [7, 11) is 0. The zero-order chi connectivity index (χ0) is 19.1. The Balaban J connectivity index is 1.28. The summed E-state index contributed by atoms with van der Waals surface area (Å²) in [6, 6.07) is 13.7. The van der Waals surface area contributed by atoms with E-state index in [1.54, 1.807) is 16.9 Å². The van der Waals surface area contributed by atoms with Gasteiger partial charge in [-0.25, -0.2) is 0 Å².